The zero-order chi connectivity index (χ0) is 20.4. The Balaban J connectivity index is 1.70. The van der Waals surface area contributed by atoms with Crippen LogP contribution in [0.2, 0.25) is 0 Å². The summed E-state index contributed by atoms with van der Waals surface area (Å²) in [5, 5.41) is 38.7. The summed E-state index contributed by atoms with van der Waals surface area (Å²) in [4.78, 5) is 14.5. The van der Waals surface area contributed by atoms with Gasteiger partial charge in [0.15, 0.2) is 16.9 Å². The lowest BCUT2D eigenvalue weighted by atomic mass is 10.3. The Morgan fingerprint density at radius 1 is 1.57 bits per heavy atom. The van der Waals surface area contributed by atoms with Crippen molar-refractivity contribution in [3.8, 4) is 0 Å². The molecule has 0 amide bonds. The summed E-state index contributed by atoms with van der Waals surface area (Å²) < 4.78 is 5.09. The number of hydrogen-bond donors (Lipinski definition) is 6. The van der Waals surface area contributed by atoms with E-state index in [1.54, 1.807) is 23.9 Å². The van der Waals surface area contributed by atoms with Crippen molar-refractivity contribution in [1.29, 1.82) is 5.41 Å². The van der Waals surface area contributed by atoms with Crippen molar-refractivity contribution < 1.29 is 14.4 Å². The van der Waals surface area contributed by atoms with Gasteiger partial charge >= 0.3 is 0 Å². The maximum Gasteiger partial charge on any atom is 0.274 e. The van der Waals surface area contributed by atoms with Crippen LogP contribution in [0.4, 0.5) is 5.13 Å². The third-order valence-corrected chi connectivity index (χ3v) is 5.00. The fraction of sp³-hybridized carbons (Fsp3) is 0.333. The lowest BCUT2D eigenvalue weighted by Gasteiger charge is -2.13. The maximum absolute atomic E-state index is 10.8. The molecule has 0 aliphatic heterocycles. The zero-order valence-corrected chi connectivity index (χ0v) is 16.4. The van der Waals surface area contributed by atoms with Gasteiger partial charge in [-0.15, -0.1) is 11.3 Å². The topological polar surface area (TPSA) is 175 Å². The van der Waals surface area contributed by atoms with E-state index >= 15 is 0 Å². The number of rotatable bonds is 12. The van der Waals surface area contributed by atoms with Gasteiger partial charge in [0.1, 0.15) is 11.9 Å². The number of thiazole rings is 1. The number of nitrogens with zero attached hydrogens (tertiary/aromatic N) is 2. The largest absolute Gasteiger partial charge is 0.467 e. The Hall–Kier alpha value is -2.77. The van der Waals surface area contributed by atoms with Gasteiger partial charge in [-0.2, -0.15) is 11.8 Å². The molecule has 0 fully saturated rings. The van der Waals surface area contributed by atoms with Gasteiger partial charge in [-0.1, -0.05) is 0 Å². The standard InChI is InChI=1S/C15H21N7O4S2/c16-14(17)21-15-20-10(9-28-15)8-27-5-3-18-13(7-22(24)25)19-6-11(23)12-2-1-4-26-12/h1-2,4,7,9,11,18-19,23H,3,5-6,8H2,(H4,16,17,20,21). The molecule has 2 aromatic rings. The smallest absolute Gasteiger partial charge is 0.274 e. The van der Waals surface area contributed by atoms with Crippen molar-refractivity contribution in [2.45, 2.75) is 11.9 Å². The predicted molar refractivity (Wildman–Crippen MR) is 109 cm³/mol. The average Bonchev–Trinajstić information content (AvgIpc) is 3.30. The normalized spacial score (nSPS) is 12.4. The van der Waals surface area contributed by atoms with Gasteiger partial charge in [0.25, 0.3) is 6.20 Å². The number of nitro groups is 1. The molecule has 0 saturated heterocycles. The molecule has 2 rings (SSSR count). The Morgan fingerprint density at radius 3 is 3.07 bits per heavy atom. The SMILES string of the molecule is N=C(N)Nc1nc(CSCCNC(=C[N+](=O)[O-])NCC(O)c2ccco2)cs1. The molecule has 0 spiro atoms. The lowest BCUT2D eigenvalue weighted by Crippen LogP contribution is -2.31. The molecule has 7 N–H and O–H groups in total. The van der Waals surface area contributed by atoms with Gasteiger partial charge in [-0.25, -0.2) is 4.98 Å². The van der Waals surface area contributed by atoms with Crippen molar-refractivity contribution in [3.63, 3.8) is 0 Å². The van der Waals surface area contributed by atoms with Gasteiger partial charge in [0.05, 0.1) is 16.9 Å². The van der Waals surface area contributed by atoms with Crippen molar-refractivity contribution >= 4 is 34.2 Å². The Bertz CT molecular complexity index is 794. The van der Waals surface area contributed by atoms with Crippen LogP contribution in [0.1, 0.15) is 17.6 Å². The number of furan rings is 1. The van der Waals surface area contributed by atoms with Crippen LogP contribution in [-0.2, 0) is 5.75 Å². The van der Waals surface area contributed by atoms with Crippen molar-refractivity contribution in [1.82, 2.24) is 15.6 Å². The molecule has 0 radical (unpaired) electrons. The number of aliphatic hydroxyl groups is 1. The van der Waals surface area contributed by atoms with E-state index in [2.05, 4.69) is 20.9 Å². The second-order valence-corrected chi connectivity index (χ2v) is 7.37. The summed E-state index contributed by atoms with van der Waals surface area (Å²) >= 11 is 2.97. The molecule has 2 aromatic heterocycles. The van der Waals surface area contributed by atoms with Gasteiger partial charge in [-0.3, -0.25) is 15.5 Å². The van der Waals surface area contributed by atoms with Gasteiger partial charge < -0.3 is 31.2 Å². The first-order valence-electron chi connectivity index (χ1n) is 8.11. The summed E-state index contributed by atoms with van der Waals surface area (Å²) in [6.07, 6.45) is 1.35. The number of nitrogens with two attached hydrogens (primary N) is 1. The number of aliphatic hydroxyl groups excluding tert-OH is 1. The molecule has 1 unspecified atom stereocenters. The van der Waals surface area contributed by atoms with Crippen LogP contribution in [0.3, 0.4) is 0 Å². The van der Waals surface area contributed by atoms with Crippen molar-refractivity contribution in [2.24, 2.45) is 5.73 Å². The van der Waals surface area contributed by atoms with E-state index in [-0.39, 0.29) is 18.3 Å². The van der Waals surface area contributed by atoms with E-state index in [0.29, 0.717) is 28.9 Å². The van der Waals surface area contributed by atoms with Crippen LogP contribution >= 0.6 is 23.1 Å². The fourth-order valence-corrected chi connectivity index (χ4v) is 3.60. The highest BCUT2D eigenvalue weighted by Crippen LogP contribution is 2.19. The van der Waals surface area contributed by atoms with Crippen LogP contribution in [0.25, 0.3) is 0 Å². The lowest BCUT2D eigenvalue weighted by molar-refractivity contribution is -0.404. The molecule has 0 aliphatic carbocycles. The summed E-state index contributed by atoms with van der Waals surface area (Å²) in [7, 11) is 0. The van der Waals surface area contributed by atoms with Gasteiger partial charge in [0.2, 0.25) is 0 Å². The quantitative estimate of drug-likeness (QED) is 0.0950. The molecular formula is C15H21N7O4S2. The minimum absolute atomic E-state index is 0.0675. The molecule has 0 aromatic carbocycles. The van der Waals surface area contributed by atoms with E-state index in [4.69, 9.17) is 15.6 Å². The molecule has 1 atom stereocenters. The molecule has 2 heterocycles. The Labute approximate surface area is 169 Å². The number of thioether (sulfide) groups is 1. The van der Waals surface area contributed by atoms with E-state index in [0.717, 1.165) is 11.9 Å². The number of anilines is 1. The minimum Gasteiger partial charge on any atom is -0.467 e. The second-order valence-electron chi connectivity index (χ2n) is 5.40. The summed E-state index contributed by atoms with van der Waals surface area (Å²) in [5.41, 5.74) is 6.11. The monoisotopic (exact) mass is 427 g/mol. The number of guanidine groups is 1. The third kappa shape index (κ3) is 7.85. The van der Waals surface area contributed by atoms with E-state index in [1.165, 1.54) is 17.6 Å². The molecular weight excluding hydrogens is 406 g/mol. The zero-order valence-electron chi connectivity index (χ0n) is 14.8. The van der Waals surface area contributed by atoms with Gasteiger partial charge in [0, 0.05) is 30.0 Å². The molecule has 28 heavy (non-hydrogen) atoms. The van der Waals surface area contributed by atoms with E-state index in [1.807, 2.05) is 5.38 Å². The molecule has 11 nitrogen and oxygen atoms in total. The Morgan fingerprint density at radius 2 is 2.39 bits per heavy atom. The van der Waals surface area contributed by atoms with E-state index < -0.39 is 11.0 Å². The van der Waals surface area contributed by atoms with Crippen LogP contribution < -0.4 is 21.7 Å². The summed E-state index contributed by atoms with van der Waals surface area (Å²) in [6, 6.07) is 3.28. The van der Waals surface area contributed by atoms with Gasteiger partial charge in [-0.05, 0) is 12.1 Å². The summed E-state index contributed by atoms with van der Waals surface area (Å²) in [6.45, 7) is 0.551. The van der Waals surface area contributed by atoms with Crippen LogP contribution in [-0.4, -0.2) is 39.8 Å². The second kappa shape index (κ2) is 11.2. The molecule has 0 saturated carbocycles. The highest BCUT2D eigenvalue weighted by molar-refractivity contribution is 7.98. The molecule has 0 bridgehead atoms. The van der Waals surface area contributed by atoms with Crippen molar-refractivity contribution in [2.75, 3.05) is 24.2 Å². The van der Waals surface area contributed by atoms with Crippen LogP contribution in [0.5, 0.6) is 0 Å². The van der Waals surface area contributed by atoms with Crippen LogP contribution in [0.15, 0.2) is 40.2 Å². The van der Waals surface area contributed by atoms with Crippen LogP contribution in [0, 0.1) is 15.5 Å². The third-order valence-electron chi connectivity index (χ3n) is 3.20. The number of nitrogens with one attached hydrogen (secondary N) is 4. The molecule has 13 heteroatoms. The first kappa shape index (κ1) is 21.5. The predicted octanol–water partition coefficient (Wildman–Crippen LogP) is 1.26. The molecule has 152 valence electrons. The number of hydrogen-bond acceptors (Lipinski definition) is 10. The fourth-order valence-electron chi connectivity index (χ4n) is 2.03. The van der Waals surface area contributed by atoms with E-state index in [9.17, 15) is 15.2 Å². The Kier molecular flexibility index (Phi) is 8.58. The number of aromatic nitrogens is 1. The summed E-state index contributed by atoms with van der Waals surface area (Å²) in [5.74, 6) is 1.77. The average molecular weight is 428 g/mol. The molecule has 0 aliphatic rings. The highest BCUT2D eigenvalue weighted by Gasteiger charge is 2.12. The first-order valence-corrected chi connectivity index (χ1v) is 10.1. The first-order chi connectivity index (χ1) is 13.4. The minimum atomic E-state index is -0.913. The van der Waals surface area contributed by atoms with Crippen molar-refractivity contribution in [3.05, 3.63) is 57.4 Å². The highest BCUT2D eigenvalue weighted by atomic mass is 32.2. The maximum atomic E-state index is 10.8.